The van der Waals surface area contributed by atoms with Crippen molar-refractivity contribution >= 4 is 29.3 Å². The number of nitrogens with zero attached hydrogens (tertiary/aromatic N) is 2. The summed E-state index contributed by atoms with van der Waals surface area (Å²) >= 11 is 0. The molecule has 28 heavy (non-hydrogen) atoms. The minimum Gasteiger partial charge on any atom is -0.342 e. The van der Waals surface area contributed by atoms with Crippen molar-refractivity contribution in [3.8, 4) is 0 Å². The number of carbonyl (C=O) groups excluding carboxylic acids is 2. The summed E-state index contributed by atoms with van der Waals surface area (Å²) in [5.74, 6) is -0.463. The van der Waals surface area contributed by atoms with Crippen LogP contribution in [0.4, 0.5) is 17.5 Å². The molecule has 1 aromatic heterocycles. The van der Waals surface area contributed by atoms with Crippen molar-refractivity contribution in [3.05, 3.63) is 46.2 Å². The zero-order valence-electron chi connectivity index (χ0n) is 15.7. The van der Waals surface area contributed by atoms with E-state index in [9.17, 15) is 14.4 Å². The molecule has 2 aliphatic rings. The maximum Gasteiger partial charge on any atom is 0.258 e. The molecule has 0 spiro atoms. The highest BCUT2D eigenvalue weighted by Crippen LogP contribution is 2.30. The van der Waals surface area contributed by atoms with Crippen LogP contribution in [-0.4, -0.2) is 34.9 Å². The number of hydrogen-bond donors (Lipinski definition) is 3. The van der Waals surface area contributed by atoms with E-state index in [-0.39, 0.29) is 29.3 Å². The van der Waals surface area contributed by atoms with Gasteiger partial charge in [-0.25, -0.2) is 0 Å². The minimum atomic E-state index is -0.880. The van der Waals surface area contributed by atoms with Crippen LogP contribution < -0.4 is 21.1 Å². The molecule has 3 heterocycles. The quantitative estimate of drug-likeness (QED) is 0.754. The van der Waals surface area contributed by atoms with E-state index < -0.39 is 11.8 Å². The number of piperidine rings is 1. The molecule has 0 bridgehead atoms. The fourth-order valence-electron chi connectivity index (χ4n) is 3.87. The standard InChI is InChI=1S/C20H23N5O3/c1-12-6-5-9-25(11-12)20-23-17-16(19(28)24-20)14(10-15(26)22-17)18(27)21-13-7-3-2-4-8-13/h2-4,7-8,12,14H,5-6,9-11H2,1H3,(H,21,27)(H2,22,23,24,26,28)/t12-,14-/m1/s1. The highest BCUT2D eigenvalue weighted by molar-refractivity contribution is 6.04. The Morgan fingerprint density at radius 1 is 1.25 bits per heavy atom. The highest BCUT2D eigenvalue weighted by atomic mass is 16.2. The Labute approximate surface area is 162 Å². The van der Waals surface area contributed by atoms with Crippen molar-refractivity contribution < 1.29 is 9.59 Å². The molecule has 1 fully saturated rings. The number of para-hydroxylation sites is 1. The monoisotopic (exact) mass is 381 g/mol. The lowest BCUT2D eigenvalue weighted by Crippen LogP contribution is -2.40. The topological polar surface area (TPSA) is 107 Å². The fraction of sp³-hybridized carbons (Fsp3) is 0.400. The van der Waals surface area contributed by atoms with Gasteiger partial charge in [0.25, 0.3) is 5.56 Å². The van der Waals surface area contributed by atoms with Gasteiger partial charge in [0.15, 0.2) is 0 Å². The van der Waals surface area contributed by atoms with Crippen molar-refractivity contribution in [2.75, 3.05) is 28.6 Å². The molecule has 4 rings (SSSR count). The number of rotatable bonds is 3. The van der Waals surface area contributed by atoms with Crippen LogP contribution in [-0.2, 0) is 9.59 Å². The van der Waals surface area contributed by atoms with Crippen LogP contribution in [0.15, 0.2) is 35.1 Å². The van der Waals surface area contributed by atoms with Gasteiger partial charge in [-0.1, -0.05) is 25.1 Å². The van der Waals surface area contributed by atoms with Crippen molar-refractivity contribution in [1.82, 2.24) is 9.97 Å². The van der Waals surface area contributed by atoms with Crippen LogP contribution in [0.5, 0.6) is 0 Å². The molecule has 0 unspecified atom stereocenters. The third-order valence-corrected chi connectivity index (χ3v) is 5.25. The Bertz CT molecular complexity index is 956. The van der Waals surface area contributed by atoms with Crippen LogP contribution in [0.2, 0.25) is 0 Å². The fourth-order valence-corrected chi connectivity index (χ4v) is 3.87. The first-order valence-corrected chi connectivity index (χ1v) is 9.56. The van der Waals surface area contributed by atoms with Crippen LogP contribution in [0.25, 0.3) is 0 Å². The molecule has 8 nitrogen and oxygen atoms in total. The lowest BCUT2D eigenvalue weighted by molar-refractivity contribution is -0.123. The lowest BCUT2D eigenvalue weighted by Gasteiger charge is -2.32. The van der Waals surface area contributed by atoms with Crippen molar-refractivity contribution in [3.63, 3.8) is 0 Å². The number of aromatic amines is 1. The van der Waals surface area contributed by atoms with E-state index in [1.54, 1.807) is 24.3 Å². The molecule has 1 saturated heterocycles. The van der Waals surface area contributed by atoms with Gasteiger partial charge >= 0.3 is 0 Å². The summed E-state index contributed by atoms with van der Waals surface area (Å²) in [7, 11) is 0. The molecule has 2 amide bonds. The Morgan fingerprint density at radius 2 is 2.04 bits per heavy atom. The summed E-state index contributed by atoms with van der Waals surface area (Å²) in [5, 5.41) is 5.44. The zero-order valence-corrected chi connectivity index (χ0v) is 15.7. The van der Waals surface area contributed by atoms with E-state index >= 15 is 0 Å². The summed E-state index contributed by atoms with van der Waals surface area (Å²) in [6.07, 6.45) is 2.08. The average molecular weight is 381 g/mol. The minimum absolute atomic E-state index is 0.0868. The van der Waals surface area contributed by atoms with E-state index in [0.29, 0.717) is 17.6 Å². The maximum atomic E-state index is 12.8. The number of aromatic nitrogens is 2. The Kier molecular flexibility index (Phi) is 4.85. The molecular formula is C20H23N5O3. The first-order chi connectivity index (χ1) is 13.5. The molecule has 8 heteroatoms. The SMILES string of the molecule is C[C@@H]1CCCN(c2nc3c(c(=O)[nH]2)[C@H](C(=O)Nc2ccccc2)CC(=O)N3)C1. The summed E-state index contributed by atoms with van der Waals surface area (Å²) in [5.41, 5.74) is 0.441. The molecule has 2 aliphatic heterocycles. The van der Waals surface area contributed by atoms with Gasteiger partial charge in [0, 0.05) is 25.2 Å². The van der Waals surface area contributed by atoms with E-state index in [1.807, 2.05) is 11.0 Å². The number of fused-ring (bicyclic) bond motifs is 1. The zero-order chi connectivity index (χ0) is 19.7. The third kappa shape index (κ3) is 3.62. The second kappa shape index (κ2) is 7.46. The Hall–Kier alpha value is -3.16. The van der Waals surface area contributed by atoms with E-state index in [2.05, 4.69) is 27.5 Å². The maximum absolute atomic E-state index is 12.8. The first-order valence-electron chi connectivity index (χ1n) is 9.56. The summed E-state index contributed by atoms with van der Waals surface area (Å²) in [6, 6.07) is 8.96. The number of nitrogens with one attached hydrogen (secondary N) is 3. The Morgan fingerprint density at radius 3 is 2.79 bits per heavy atom. The Balaban J connectivity index is 1.65. The number of benzene rings is 1. The van der Waals surface area contributed by atoms with Gasteiger partial charge in [0.2, 0.25) is 17.8 Å². The predicted molar refractivity (Wildman–Crippen MR) is 107 cm³/mol. The second-order valence-corrected chi connectivity index (χ2v) is 7.51. The van der Waals surface area contributed by atoms with Crippen LogP contribution in [0, 0.1) is 5.92 Å². The van der Waals surface area contributed by atoms with Gasteiger partial charge in [0.1, 0.15) is 5.82 Å². The molecule has 3 N–H and O–H groups in total. The van der Waals surface area contributed by atoms with Crippen molar-refractivity contribution in [2.24, 2.45) is 5.92 Å². The van der Waals surface area contributed by atoms with Gasteiger partial charge in [-0.05, 0) is 30.9 Å². The molecule has 146 valence electrons. The molecule has 2 atom stereocenters. The second-order valence-electron chi connectivity index (χ2n) is 7.51. The number of H-pyrrole nitrogens is 1. The van der Waals surface area contributed by atoms with Crippen LogP contribution in [0.3, 0.4) is 0 Å². The van der Waals surface area contributed by atoms with Gasteiger partial charge < -0.3 is 15.5 Å². The third-order valence-electron chi connectivity index (χ3n) is 5.25. The van der Waals surface area contributed by atoms with Crippen LogP contribution in [0.1, 0.15) is 37.7 Å². The molecule has 0 radical (unpaired) electrons. The number of carbonyl (C=O) groups is 2. The summed E-state index contributed by atoms with van der Waals surface area (Å²) in [6.45, 7) is 3.76. The molecular weight excluding hydrogens is 358 g/mol. The predicted octanol–water partition coefficient (Wildman–Crippen LogP) is 2.07. The van der Waals surface area contributed by atoms with E-state index in [0.717, 1.165) is 25.9 Å². The van der Waals surface area contributed by atoms with Crippen LogP contribution >= 0.6 is 0 Å². The lowest BCUT2D eigenvalue weighted by atomic mass is 9.92. The molecule has 2 aromatic rings. The summed E-state index contributed by atoms with van der Waals surface area (Å²) < 4.78 is 0. The largest absolute Gasteiger partial charge is 0.342 e. The smallest absolute Gasteiger partial charge is 0.258 e. The highest BCUT2D eigenvalue weighted by Gasteiger charge is 2.35. The number of anilines is 3. The molecule has 0 saturated carbocycles. The molecule has 0 aliphatic carbocycles. The normalized spacial score (nSPS) is 21.6. The first kappa shape index (κ1) is 18.2. The van der Waals surface area contributed by atoms with Crippen molar-refractivity contribution in [1.29, 1.82) is 0 Å². The number of hydrogen-bond acceptors (Lipinski definition) is 5. The average Bonchev–Trinajstić information content (AvgIpc) is 2.67. The van der Waals surface area contributed by atoms with Gasteiger partial charge in [-0.15, -0.1) is 0 Å². The van der Waals surface area contributed by atoms with E-state index in [1.165, 1.54) is 0 Å². The number of amides is 2. The van der Waals surface area contributed by atoms with E-state index in [4.69, 9.17) is 0 Å². The van der Waals surface area contributed by atoms with Gasteiger partial charge in [0.05, 0.1) is 11.5 Å². The van der Waals surface area contributed by atoms with Crippen molar-refractivity contribution in [2.45, 2.75) is 32.1 Å². The van der Waals surface area contributed by atoms with Gasteiger partial charge in [-0.2, -0.15) is 4.98 Å². The summed E-state index contributed by atoms with van der Waals surface area (Å²) in [4.78, 5) is 47.1. The van der Waals surface area contributed by atoms with Gasteiger partial charge in [-0.3, -0.25) is 19.4 Å². The molecule has 1 aromatic carbocycles.